The average Bonchev–Trinajstić information content (AvgIpc) is 2.19. The summed E-state index contributed by atoms with van der Waals surface area (Å²) in [7, 11) is 1.57. The summed E-state index contributed by atoms with van der Waals surface area (Å²) < 4.78 is 5.03. The summed E-state index contributed by atoms with van der Waals surface area (Å²) in [4.78, 5) is 0. The Kier molecular flexibility index (Phi) is 3.17. The molecule has 0 bridgehead atoms. The molecule has 1 aromatic rings. The third-order valence-electron chi connectivity index (χ3n) is 1.72. The fourth-order valence-electron chi connectivity index (χ4n) is 1.07. The van der Waals surface area contributed by atoms with Crippen LogP contribution in [0.25, 0.3) is 0 Å². The monoisotopic (exact) mass is 192 g/mol. The van der Waals surface area contributed by atoms with E-state index in [9.17, 15) is 0 Å². The first-order chi connectivity index (χ1) is 6.69. The molecule has 2 N–H and O–H groups in total. The lowest BCUT2D eigenvalue weighted by Crippen LogP contribution is -2.20. The minimum atomic E-state index is 0.188. The van der Waals surface area contributed by atoms with Crippen molar-refractivity contribution in [1.82, 2.24) is 0 Å². The molecule has 0 amide bonds. The molecule has 0 aliphatic heterocycles. The minimum Gasteiger partial charge on any atom is -0.497 e. The van der Waals surface area contributed by atoms with E-state index in [1.165, 1.54) is 5.01 Å². The van der Waals surface area contributed by atoms with Crippen LogP contribution in [0.4, 0.5) is 5.69 Å². The van der Waals surface area contributed by atoms with Crippen molar-refractivity contribution in [1.29, 1.82) is 10.9 Å². The lowest BCUT2D eigenvalue weighted by molar-refractivity contribution is 0.415. The summed E-state index contributed by atoms with van der Waals surface area (Å²) in [6.07, 6.45) is 0. The number of nitrogens with one attached hydrogen (secondary N) is 2. The van der Waals surface area contributed by atoms with Crippen LogP contribution in [0.5, 0.6) is 5.75 Å². The minimum absolute atomic E-state index is 0.188. The molecule has 0 radical (unpaired) electrons. The van der Waals surface area contributed by atoms with Gasteiger partial charge in [0, 0.05) is 6.07 Å². The van der Waals surface area contributed by atoms with Crippen LogP contribution in [0.3, 0.4) is 0 Å². The molecule has 0 saturated carbocycles. The second kappa shape index (κ2) is 4.36. The van der Waals surface area contributed by atoms with Crippen LogP contribution in [-0.2, 0) is 0 Å². The van der Waals surface area contributed by atoms with Crippen LogP contribution < -0.4 is 9.75 Å². The number of anilines is 1. The van der Waals surface area contributed by atoms with Crippen LogP contribution in [0, 0.1) is 10.9 Å². The van der Waals surface area contributed by atoms with Crippen LogP contribution in [0.15, 0.2) is 29.5 Å². The van der Waals surface area contributed by atoms with E-state index in [4.69, 9.17) is 15.7 Å². The van der Waals surface area contributed by atoms with Crippen molar-refractivity contribution < 1.29 is 4.74 Å². The van der Waals surface area contributed by atoms with E-state index in [1.54, 1.807) is 38.3 Å². The van der Waals surface area contributed by atoms with Crippen LogP contribution in [0.2, 0.25) is 0 Å². The predicted molar refractivity (Wildman–Crippen MR) is 54.0 cm³/mol. The highest BCUT2D eigenvalue weighted by Crippen LogP contribution is 2.21. The van der Waals surface area contributed by atoms with Crippen molar-refractivity contribution in [2.24, 2.45) is 5.22 Å². The topological polar surface area (TPSA) is 72.5 Å². The molecule has 0 fully saturated rings. The Labute approximate surface area is 82.3 Å². The maximum atomic E-state index is 7.39. The van der Waals surface area contributed by atoms with Gasteiger partial charge < -0.3 is 4.74 Å². The van der Waals surface area contributed by atoms with Crippen molar-refractivity contribution >= 4 is 11.5 Å². The Morgan fingerprint density at radius 2 is 2.21 bits per heavy atom. The Morgan fingerprint density at radius 3 is 2.71 bits per heavy atom. The van der Waals surface area contributed by atoms with Gasteiger partial charge in [-0.2, -0.15) is 5.53 Å². The lowest BCUT2D eigenvalue weighted by Gasteiger charge is -2.15. The Balaban J connectivity index is 3.04. The Hall–Kier alpha value is -1.91. The summed E-state index contributed by atoms with van der Waals surface area (Å²) in [5.41, 5.74) is 7.57. The van der Waals surface area contributed by atoms with E-state index in [-0.39, 0.29) is 5.84 Å². The zero-order chi connectivity index (χ0) is 10.6. The van der Waals surface area contributed by atoms with Crippen LogP contribution in [0.1, 0.15) is 6.92 Å². The van der Waals surface area contributed by atoms with Crippen molar-refractivity contribution in [2.75, 3.05) is 12.1 Å². The van der Waals surface area contributed by atoms with Crippen LogP contribution in [-0.4, -0.2) is 12.9 Å². The zero-order valence-corrected chi connectivity index (χ0v) is 8.11. The first kappa shape index (κ1) is 10.2. The summed E-state index contributed by atoms with van der Waals surface area (Å²) in [5.74, 6) is 0.866. The van der Waals surface area contributed by atoms with E-state index >= 15 is 0 Å². The SMILES string of the molecule is COc1cccc(N(N=N)C(C)=N)c1. The number of hydrogen-bond acceptors (Lipinski definition) is 4. The van der Waals surface area contributed by atoms with Crippen molar-refractivity contribution in [3.8, 4) is 5.75 Å². The normalized spacial score (nSPS) is 9.29. The third-order valence-corrected chi connectivity index (χ3v) is 1.72. The fraction of sp³-hybridized carbons (Fsp3) is 0.222. The van der Waals surface area contributed by atoms with Gasteiger partial charge in [0.25, 0.3) is 0 Å². The molecule has 0 aromatic heterocycles. The molecule has 0 saturated heterocycles. The van der Waals surface area contributed by atoms with E-state index in [0.29, 0.717) is 11.4 Å². The highest BCUT2D eigenvalue weighted by atomic mass is 16.5. The summed E-state index contributed by atoms with van der Waals surface area (Å²) in [6, 6.07) is 7.06. The maximum absolute atomic E-state index is 7.39. The molecule has 0 atom stereocenters. The molecule has 0 unspecified atom stereocenters. The second-order valence-electron chi connectivity index (χ2n) is 2.70. The molecule has 5 nitrogen and oxygen atoms in total. The first-order valence-corrected chi connectivity index (χ1v) is 4.05. The maximum Gasteiger partial charge on any atom is 0.121 e. The van der Waals surface area contributed by atoms with E-state index < -0.39 is 0 Å². The lowest BCUT2D eigenvalue weighted by atomic mass is 10.3. The van der Waals surface area contributed by atoms with Crippen molar-refractivity contribution in [2.45, 2.75) is 6.92 Å². The molecule has 1 rings (SSSR count). The van der Waals surface area contributed by atoms with E-state index in [1.807, 2.05) is 0 Å². The number of amidine groups is 1. The van der Waals surface area contributed by atoms with Gasteiger partial charge in [-0.05, 0) is 19.1 Å². The molecule has 1 aromatic carbocycles. The van der Waals surface area contributed by atoms with Gasteiger partial charge in [-0.3, -0.25) is 5.41 Å². The highest BCUT2D eigenvalue weighted by molar-refractivity contribution is 5.92. The van der Waals surface area contributed by atoms with E-state index in [2.05, 4.69) is 5.22 Å². The highest BCUT2D eigenvalue weighted by Gasteiger charge is 2.07. The number of methoxy groups -OCH3 is 1. The molecule has 74 valence electrons. The van der Waals surface area contributed by atoms with Crippen molar-refractivity contribution in [3.05, 3.63) is 24.3 Å². The van der Waals surface area contributed by atoms with Gasteiger partial charge in [0.15, 0.2) is 0 Å². The number of benzene rings is 1. The first-order valence-electron chi connectivity index (χ1n) is 4.05. The van der Waals surface area contributed by atoms with Crippen LogP contribution >= 0.6 is 0 Å². The summed E-state index contributed by atoms with van der Waals surface area (Å²) in [5, 5.41) is 11.8. The summed E-state index contributed by atoms with van der Waals surface area (Å²) >= 11 is 0. The van der Waals surface area contributed by atoms with Gasteiger partial charge >= 0.3 is 0 Å². The number of nitrogens with zero attached hydrogens (tertiary/aromatic N) is 2. The molecule has 0 aliphatic carbocycles. The number of hydrogen-bond donors (Lipinski definition) is 2. The number of ether oxygens (including phenoxy) is 1. The van der Waals surface area contributed by atoms with Gasteiger partial charge in [0.2, 0.25) is 0 Å². The van der Waals surface area contributed by atoms with Gasteiger partial charge in [0.05, 0.1) is 12.8 Å². The molecular weight excluding hydrogens is 180 g/mol. The molecule has 14 heavy (non-hydrogen) atoms. The fourth-order valence-corrected chi connectivity index (χ4v) is 1.07. The standard InChI is InChI=1S/C9H12N4O/c1-7(10)13(12-11)8-4-3-5-9(6-8)14-2/h3-6,10-11H,1-2H3. The van der Waals surface area contributed by atoms with Gasteiger partial charge in [-0.15, -0.1) is 0 Å². The molecule has 0 heterocycles. The van der Waals surface area contributed by atoms with Gasteiger partial charge in [0.1, 0.15) is 11.6 Å². The third kappa shape index (κ3) is 2.07. The Bertz CT molecular complexity index is 350. The van der Waals surface area contributed by atoms with E-state index in [0.717, 1.165) is 0 Å². The largest absolute Gasteiger partial charge is 0.497 e. The van der Waals surface area contributed by atoms with Gasteiger partial charge in [-0.1, -0.05) is 11.3 Å². The second-order valence-corrected chi connectivity index (χ2v) is 2.70. The molecular formula is C9H12N4O. The quantitative estimate of drug-likeness (QED) is 0.334. The molecule has 0 aliphatic rings. The Morgan fingerprint density at radius 1 is 1.50 bits per heavy atom. The summed E-state index contributed by atoms with van der Waals surface area (Å²) in [6.45, 7) is 1.57. The molecule has 5 heteroatoms. The average molecular weight is 192 g/mol. The van der Waals surface area contributed by atoms with Gasteiger partial charge in [-0.25, -0.2) is 5.01 Å². The molecule has 0 spiro atoms. The van der Waals surface area contributed by atoms with Crippen molar-refractivity contribution in [3.63, 3.8) is 0 Å². The number of rotatable bonds is 3. The zero-order valence-electron chi connectivity index (χ0n) is 8.11. The predicted octanol–water partition coefficient (Wildman–Crippen LogP) is 2.44. The smallest absolute Gasteiger partial charge is 0.121 e.